The summed E-state index contributed by atoms with van der Waals surface area (Å²) in [6.45, 7) is 0.617. The number of para-hydroxylation sites is 1. The van der Waals surface area contributed by atoms with Crippen LogP contribution in [0.3, 0.4) is 0 Å². The summed E-state index contributed by atoms with van der Waals surface area (Å²) < 4.78 is 5.86. The predicted octanol–water partition coefficient (Wildman–Crippen LogP) is 3.22. The van der Waals surface area contributed by atoms with Crippen LogP contribution in [-0.4, -0.2) is 40.1 Å². The maximum atomic E-state index is 9.69. The molecule has 5 N–H and O–H groups in total. The summed E-state index contributed by atoms with van der Waals surface area (Å²) in [5, 5.41) is 34.3. The zero-order valence-corrected chi connectivity index (χ0v) is 15.9. The van der Waals surface area contributed by atoms with Crippen molar-refractivity contribution in [3.05, 3.63) is 71.8 Å². The van der Waals surface area contributed by atoms with E-state index in [1.165, 1.54) is 16.8 Å². The number of hydrogen-bond donors (Lipinski definition) is 5. The number of aromatic hydroxyl groups is 1. The molecule has 1 aromatic heterocycles. The number of ether oxygens (including phenoxy) is 1. The van der Waals surface area contributed by atoms with Crippen LogP contribution in [0.1, 0.15) is 17.2 Å². The van der Waals surface area contributed by atoms with Crippen LogP contribution >= 0.6 is 0 Å². The van der Waals surface area contributed by atoms with E-state index in [1.54, 1.807) is 12.1 Å². The van der Waals surface area contributed by atoms with Crippen molar-refractivity contribution in [1.29, 1.82) is 0 Å². The molecule has 150 valence electrons. The molecule has 0 radical (unpaired) electrons. The average Bonchev–Trinajstić information content (AvgIpc) is 3.12. The van der Waals surface area contributed by atoms with Gasteiger partial charge in [-0.25, -0.2) is 0 Å². The number of rotatable bonds is 8. The molecule has 0 aliphatic carbocycles. The minimum atomic E-state index is -0.305. The van der Waals surface area contributed by atoms with Gasteiger partial charge in [0.15, 0.2) is 0 Å². The number of nitrogens with one attached hydrogen (secondary N) is 2. The first kappa shape index (κ1) is 19.3. The summed E-state index contributed by atoms with van der Waals surface area (Å²) in [7, 11) is 0. The molecule has 0 fully saturated rings. The molecule has 29 heavy (non-hydrogen) atoms. The fourth-order valence-corrected chi connectivity index (χ4v) is 3.56. The molecule has 0 aliphatic heterocycles. The fourth-order valence-electron chi connectivity index (χ4n) is 3.56. The molecule has 6 nitrogen and oxygen atoms in total. The zero-order chi connectivity index (χ0) is 20.2. The molecule has 6 heteroatoms. The third-order valence-electron chi connectivity index (χ3n) is 5.10. The molecule has 0 spiro atoms. The number of aromatic amines is 1. The quantitative estimate of drug-likeness (QED) is 0.297. The lowest BCUT2D eigenvalue weighted by molar-refractivity contribution is 0.231. The van der Waals surface area contributed by atoms with E-state index in [2.05, 4.69) is 28.5 Å². The number of hydrogen-bond acceptors (Lipinski definition) is 5. The van der Waals surface area contributed by atoms with Gasteiger partial charge in [0.25, 0.3) is 0 Å². The Morgan fingerprint density at radius 3 is 2.59 bits per heavy atom. The first-order valence-electron chi connectivity index (χ1n) is 9.59. The van der Waals surface area contributed by atoms with Gasteiger partial charge in [-0.15, -0.1) is 0 Å². The van der Waals surface area contributed by atoms with Crippen molar-refractivity contribution in [3.63, 3.8) is 0 Å². The van der Waals surface area contributed by atoms with Crippen LogP contribution in [0, 0.1) is 0 Å². The van der Waals surface area contributed by atoms with Crippen LogP contribution in [0.25, 0.3) is 21.8 Å². The SMILES string of the molecule is OCc1cc(C(CO)NCCOc2ccc3c(c2)[nH]c2ccccc23)ccc1O. The lowest BCUT2D eigenvalue weighted by Gasteiger charge is -2.18. The minimum absolute atomic E-state index is 0.0450. The third-order valence-corrected chi connectivity index (χ3v) is 5.10. The lowest BCUT2D eigenvalue weighted by Crippen LogP contribution is -2.28. The number of aromatic nitrogens is 1. The van der Waals surface area contributed by atoms with Gasteiger partial charge in [0, 0.05) is 34.5 Å². The van der Waals surface area contributed by atoms with Crippen molar-refractivity contribution in [2.75, 3.05) is 19.8 Å². The molecule has 0 bridgehead atoms. The second-order valence-corrected chi connectivity index (χ2v) is 6.96. The summed E-state index contributed by atoms with van der Waals surface area (Å²) in [5.74, 6) is 0.822. The van der Waals surface area contributed by atoms with Crippen LogP contribution in [-0.2, 0) is 6.61 Å². The van der Waals surface area contributed by atoms with E-state index < -0.39 is 0 Å². The standard InChI is InChI=1S/C23H24N2O4/c26-13-16-11-15(5-8-23(16)28)22(14-27)24-9-10-29-17-6-7-19-18-3-1-2-4-20(18)25-21(19)12-17/h1-8,11-12,22,24-28H,9-10,13-14H2. The second-order valence-electron chi connectivity index (χ2n) is 6.96. The van der Waals surface area contributed by atoms with E-state index in [0.29, 0.717) is 18.7 Å². The van der Waals surface area contributed by atoms with Crippen molar-refractivity contribution in [1.82, 2.24) is 10.3 Å². The summed E-state index contributed by atoms with van der Waals surface area (Å²) in [5.41, 5.74) is 3.37. The first-order chi connectivity index (χ1) is 14.2. The van der Waals surface area contributed by atoms with Gasteiger partial charge >= 0.3 is 0 Å². The van der Waals surface area contributed by atoms with E-state index in [9.17, 15) is 15.3 Å². The fraction of sp³-hybridized carbons (Fsp3) is 0.217. The number of aliphatic hydroxyl groups excluding tert-OH is 2. The highest BCUT2D eigenvalue weighted by Crippen LogP contribution is 2.28. The number of fused-ring (bicyclic) bond motifs is 3. The van der Waals surface area contributed by atoms with Gasteiger partial charge in [-0.3, -0.25) is 0 Å². The van der Waals surface area contributed by atoms with Gasteiger partial charge < -0.3 is 30.4 Å². The maximum absolute atomic E-state index is 9.69. The molecule has 0 amide bonds. The molecule has 1 heterocycles. The molecule has 0 aliphatic rings. The molecular formula is C23H24N2O4. The molecule has 4 aromatic rings. The second kappa shape index (κ2) is 8.53. The van der Waals surface area contributed by atoms with Crippen molar-refractivity contribution >= 4 is 21.8 Å². The van der Waals surface area contributed by atoms with Crippen molar-refractivity contribution in [2.24, 2.45) is 0 Å². The number of aliphatic hydroxyl groups is 2. The number of benzene rings is 3. The van der Waals surface area contributed by atoms with Crippen molar-refractivity contribution in [2.45, 2.75) is 12.6 Å². The molecule has 4 rings (SSSR count). The van der Waals surface area contributed by atoms with Crippen molar-refractivity contribution < 1.29 is 20.1 Å². The van der Waals surface area contributed by atoms with Gasteiger partial charge in [0.05, 0.1) is 24.8 Å². The molecule has 1 unspecified atom stereocenters. The zero-order valence-electron chi connectivity index (χ0n) is 15.9. The summed E-state index contributed by atoms with van der Waals surface area (Å²) >= 11 is 0. The van der Waals surface area contributed by atoms with Gasteiger partial charge in [-0.1, -0.05) is 24.3 Å². The largest absolute Gasteiger partial charge is 0.508 e. The lowest BCUT2D eigenvalue weighted by atomic mass is 10.0. The van der Waals surface area contributed by atoms with Crippen LogP contribution < -0.4 is 10.1 Å². The maximum Gasteiger partial charge on any atom is 0.121 e. The van der Waals surface area contributed by atoms with Crippen LogP contribution in [0.5, 0.6) is 11.5 Å². The summed E-state index contributed by atoms with van der Waals surface area (Å²) in [4.78, 5) is 3.40. The van der Waals surface area contributed by atoms with E-state index in [4.69, 9.17) is 4.74 Å². The Morgan fingerprint density at radius 2 is 1.76 bits per heavy atom. The molecule has 0 saturated heterocycles. The monoisotopic (exact) mass is 392 g/mol. The molecule has 3 aromatic carbocycles. The van der Waals surface area contributed by atoms with Gasteiger partial charge in [0.1, 0.15) is 18.1 Å². The normalized spacial score (nSPS) is 12.5. The predicted molar refractivity (Wildman–Crippen MR) is 113 cm³/mol. The summed E-state index contributed by atoms with van der Waals surface area (Å²) in [6, 6.07) is 18.8. The highest BCUT2D eigenvalue weighted by Gasteiger charge is 2.12. The van der Waals surface area contributed by atoms with Gasteiger partial charge in [-0.2, -0.15) is 0 Å². The molecule has 0 saturated carbocycles. The topological polar surface area (TPSA) is 97.7 Å². The van der Waals surface area contributed by atoms with E-state index in [-0.39, 0.29) is 25.0 Å². The highest BCUT2D eigenvalue weighted by molar-refractivity contribution is 6.07. The molecular weight excluding hydrogens is 368 g/mol. The first-order valence-corrected chi connectivity index (χ1v) is 9.59. The Bertz CT molecular complexity index is 1120. The average molecular weight is 392 g/mol. The van der Waals surface area contributed by atoms with Crippen LogP contribution in [0.2, 0.25) is 0 Å². The Kier molecular flexibility index (Phi) is 5.67. The highest BCUT2D eigenvalue weighted by atomic mass is 16.5. The van der Waals surface area contributed by atoms with Gasteiger partial charge in [-0.05, 0) is 35.9 Å². The Morgan fingerprint density at radius 1 is 0.931 bits per heavy atom. The van der Waals surface area contributed by atoms with E-state index in [1.807, 2.05) is 24.3 Å². The van der Waals surface area contributed by atoms with Crippen molar-refractivity contribution in [3.8, 4) is 11.5 Å². The van der Waals surface area contributed by atoms with Gasteiger partial charge in [0.2, 0.25) is 0 Å². The van der Waals surface area contributed by atoms with Crippen LogP contribution in [0.4, 0.5) is 0 Å². The third kappa shape index (κ3) is 4.05. The number of phenols is 1. The number of H-pyrrole nitrogens is 1. The Balaban J connectivity index is 1.37. The van der Waals surface area contributed by atoms with Crippen LogP contribution in [0.15, 0.2) is 60.7 Å². The minimum Gasteiger partial charge on any atom is -0.508 e. The Labute approximate surface area is 168 Å². The summed E-state index contributed by atoms with van der Waals surface area (Å²) in [6.07, 6.45) is 0. The smallest absolute Gasteiger partial charge is 0.121 e. The van der Waals surface area contributed by atoms with E-state index in [0.717, 1.165) is 22.3 Å². The Hall–Kier alpha value is -3.06. The van der Waals surface area contributed by atoms with E-state index >= 15 is 0 Å². The molecule has 1 atom stereocenters.